The van der Waals surface area contributed by atoms with Gasteiger partial charge in [0.25, 0.3) is 20.0 Å². The molecule has 232 valence electrons. The van der Waals surface area contributed by atoms with Gasteiger partial charge in [0.05, 0.1) is 32.4 Å². The summed E-state index contributed by atoms with van der Waals surface area (Å²) >= 11 is 15.1. The monoisotopic (exact) mass is 740 g/mol. The Kier molecular flexibility index (Phi) is 10.4. The minimum absolute atomic E-state index is 0.0461. The molecule has 5 rings (SSSR count). The summed E-state index contributed by atoms with van der Waals surface area (Å²) in [6.07, 6.45) is 3.01. The van der Waals surface area contributed by atoms with Crippen molar-refractivity contribution >= 4 is 83.1 Å². The molecule has 0 amide bonds. The van der Waals surface area contributed by atoms with Crippen molar-refractivity contribution in [2.45, 2.75) is 48.7 Å². The van der Waals surface area contributed by atoms with Gasteiger partial charge < -0.3 is 9.31 Å². The van der Waals surface area contributed by atoms with Gasteiger partial charge in [0.2, 0.25) is 0 Å². The zero-order valence-corrected chi connectivity index (χ0v) is 28.7. The van der Waals surface area contributed by atoms with Gasteiger partial charge in [-0.2, -0.15) is 0 Å². The molecular weight excluding hydrogens is 714 g/mol. The normalized spacial score (nSPS) is 15.7. The fourth-order valence-corrected chi connectivity index (χ4v) is 6.65. The van der Waals surface area contributed by atoms with E-state index in [1.54, 1.807) is 48.5 Å². The molecule has 2 N–H and O–H groups in total. The van der Waals surface area contributed by atoms with Crippen LogP contribution in [0.15, 0.2) is 99.5 Å². The molecule has 0 atom stereocenters. The summed E-state index contributed by atoms with van der Waals surface area (Å²) in [4.78, 5) is 8.23. The number of halogens is 3. The van der Waals surface area contributed by atoms with Crippen LogP contribution < -0.4 is 14.9 Å². The Balaban J connectivity index is 0.000000215. The van der Waals surface area contributed by atoms with Crippen molar-refractivity contribution in [3.8, 4) is 0 Å². The van der Waals surface area contributed by atoms with Crippen LogP contribution in [0.3, 0.4) is 0 Å². The van der Waals surface area contributed by atoms with Crippen molar-refractivity contribution in [1.29, 1.82) is 0 Å². The van der Waals surface area contributed by atoms with Gasteiger partial charge in [-0.1, -0.05) is 59.6 Å². The van der Waals surface area contributed by atoms with E-state index in [4.69, 9.17) is 32.5 Å². The summed E-state index contributed by atoms with van der Waals surface area (Å²) in [5.41, 5.74) is -0.0430. The quantitative estimate of drug-likeness (QED) is 0.171. The highest BCUT2D eigenvalue weighted by molar-refractivity contribution is 9.10. The fraction of sp³-hybridized carbons (Fsp3) is 0.214. The maximum Gasteiger partial charge on any atom is 0.496 e. The van der Waals surface area contributed by atoms with E-state index in [1.165, 1.54) is 36.7 Å². The van der Waals surface area contributed by atoms with Crippen LogP contribution in [-0.2, 0) is 29.4 Å². The number of aromatic nitrogens is 2. The molecule has 10 nitrogen and oxygen atoms in total. The lowest BCUT2D eigenvalue weighted by Gasteiger charge is -2.32. The zero-order chi connectivity index (χ0) is 32.3. The van der Waals surface area contributed by atoms with Gasteiger partial charge in [0, 0.05) is 22.3 Å². The Morgan fingerprint density at radius 3 is 1.57 bits per heavy atom. The molecule has 44 heavy (non-hydrogen) atoms. The number of anilines is 2. The van der Waals surface area contributed by atoms with Crippen LogP contribution in [0.2, 0.25) is 10.3 Å². The summed E-state index contributed by atoms with van der Waals surface area (Å²) in [7, 11) is -8.09. The molecule has 0 bridgehead atoms. The van der Waals surface area contributed by atoms with Crippen LogP contribution in [0.5, 0.6) is 0 Å². The Bertz CT molecular complexity index is 1840. The number of pyridine rings is 2. The van der Waals surface area contributed by atoms with Gasteiger partial charge in [-0.15, -0.1) is 0 Å². The minimum Gasteiger partial charge on any atom is -0.399 e. The molecule has 0 spiro atoms. The van der Waals surface area contributed by atoms with Gasteiger partial charge >= 0.3 is 7.12 Å². The van der Waals surface area contributed by atoms with E-state index in [1.807, 2.05) is 27.7 Å². The van der Waals surface area contributed by atoms with Crippen LogP contribution >= 0.6 is 39.1 Å². The Labute approximate surface area is 275 Å². The van der Waals surface area contributed by atoms with Crippen molar-refractivity contribution < 1.29 is 26.1 Å². The first-order chi connectivity index (χ1) is 20.5. The standard InChI is InChI=1S/C17H20BClN2O4S.C11H8BrClN2O2S/c1-16(2)17(3,4)25-18(24-16)12-10-14(15(19)20-11-12)21-26(22,23)13-8-6-5-7-9-13;12-8-6-10(11(13)14-7-8)15-18(16,17)9-4-2-1-3-5-9/h5-11,21H,1-4H3;1-7,15H. The van der Waals surface area contributed by atoms with Crippen molar-refractivity contribution in [2.24, 2.45) is 0 Å². The lowest BCUT2D eigenvalue weighted by atomic mass is 9.80. The molecule has 2 aromatic heterocycles. The largest absolute Gasteiger partial charge is 0.496 e. The summed E-state index contributed by atoms with van der Waals surface area (Å²) < 4.78 is 66.6. The number of nitrogens with zero attached hydrogens (tertiary/aromatic N) is 2. The van der Waals surface area contributed by atoms with Crippen LogP contribution in [0, 0.1) is 0 Å². The molecule has 0 unspecified atom stereocenters. The second-order valence-corrected chi connectivity index (χ2v) is 15.5. The first-order valence-electron chi connectivity index (χ1n) is 13.0. The van der Waals surface area contributed by atoms with Crippen molar-refractivity contribution in [1.82, 2.24) is 9.97 Å². The average molecular weight is 742 g/mol. The predicted molar refractivity (Wildman–Crippen MR) is 176 cm³/mol. The SMILES string of the molecule is CC1(C)OB(c2cnc(Cl)c(NS(=O)(=O)c3ccccc3)c2)OC1(C)C.O=S(=O)(Nc1cc(Br)cnc1Cl)c1ccccc1. The lowest BCUT2D eigenvalue weighted by Crippen LogP contribution is -2.41. The highest BCUT2D eigenvalue weighted by atomic mass is 79.9. The lowest BCUT2D eigenvalue weighted by molar-refractivity contribution is 0.00578. The summed E-state index contributed by atoms with van der Waals surface area (Å²) in [5, 5.41) is 0.141. The molecule has 16 heteroatoms. The molecule has 0 aliphatic carbocycles. The van der Waals surface area contributed by atoms with Crippen LogP contribution in [-0.4, -0.2) is 45.1 Å². The first kappa shape index (κ1) is 34.2. The van der Waals surface area contributed by atoms with Crippen LogP contribution in [0.1, 0.15) is 27.7 Å². The number of sulfonamides is 2. The molecule has 1 aliphatic heterocycles. The molecule has 1 saturated heterocycles. The van der Waals surface area contributed by atoms with E-state index in [0.717, 1.165) is 0 Å². The molecule has 0 radical (unpaired) electrons. The van der Waals surface area contributed by atoms with Crippen molar-refractivity contribution in [2.75, 3.05) is 9.44 Å². The highest BCUT2D eigenvalue weighted by Crippen LogP contribution is 2.37. The van der Waals surface area contributed by atoms with Gasteiger partial charge in [0.1, 0.15) is 0 Å². The Morgan fingerprint density at radius 1 is 0.705 bits per heavy atom. The number of benzene rings is 2. The molecule has 4 aromatic rings. The van der Waals surface area contributed by atoms with E-state index in [-0.39, 0.29) is 31.5 Å². The topological polar surface area (TPSA) is 137 Å². The second-order valence-electron chi connectivity index (χ2n) is 10.5. The molecule has 2 aromatic carbocycles. The molecule has 1 aliphatic rings. The third kappa shape index (κ3) is 8.11. The van der Waals surface area contributed by atoms with Gasteiger partial charge in [-0.25, -0.2) is 26.8 Å². The predicted octanol–water partition coefficient (Wildman–Crippen LogP) is 6.13. The van der Waals surface area contributed by atoms with Crippen molar-refractivity contribution in [3.63, 3.8) is 0 Å². The molecule has 1 fully saturated rings. The number of nitrogens with one attached hydrogen (secondary N) is 2. The van der Waals surface area contributed by atoms with E-state index >= 15 is 0 Å². The van der Waals surface area contributed by atoms with E-state index in [9.17, 15) is 16.8 Å². The maximum atomic E-state index is 12.5. The number of hydrogen-bond donors (Lipinski definition) is 2. The van der Waals surface area contributed by atoms with E-state index < -0.39 is 38.4 Å². The third-order valence-electron chi connectivity index (χ3n) is 6.79. The Morgan fingerprint density at radius 2 is 1.11 bits per heavy atom. The number of hydrogen-bond acceptors (Lipinski definition) is 8. The summed E-state index contributed by atoms with van der Waals surface area (Å²) in [6, 6.07) is 19.2. The number of rotatable bonds is 7. The molecule has 3 heterocycles. The second kappa shape index (κ2) is 13.3. The summed E-state index contributed by atoms with van der Waals surface area (Å²) in [5.74, 6) is 0. The maximum absolute atomic E-state index is 12.5. The van der Waals surface area contributed by atoms with E-state index in [0.29, 0.717) is 9.94 Å². The van der Waals surface area contributed by atoms with Crippen LogP contribution in [0.25, 0.3) is 0 Å². The van der Waals surface area contributed by atoms with Crippen molar-refractivity contribution in [3.05, 3.63) is 100.0 Å². The Hall–Kier alpha value is -2.72. The highest BCUT2D eigenvalue weighted by Gasteiger charge is 2.52. The van der Waals surface area contributed by atoms with Crippen LogP contribution in [0.4, 0.5) is 11.4 Å². The minimum atomic E-state index is -3.78. The third-order valence-corrected chi connectivity index (χ3v) is 10.6. The molecule has 0 saturated carbocycles. The fourth-order valence-electron chi connectivity index (χ4n) is 3.74. The molecular formula is C28H28BBrCl2N4O6S2. The summed E-state index contributed by atoms with van der Waals surface area (Å²) in [6.45, 7) is 7.76. The zero-order valence-electron chi connectivity index (χ0n) is 24.0. The van der Waals surface area contributed by atoms with Gasteiger partial charge in [-0.3, -0.25) is 9.44 Å². The first-order valence-corrected chi connectivity index (χ1v) is 17.5. The van der Waals surface area contributed by atoms with E-state index in [2.05, 4.69) is 35.3 Å². The smallest absolute Gasteiger partial charge is 0.399 e. The van der Waals surface area contributed by atoms with Gasteiger partial charge in [-0.05, 0) is 80.0 Å². The van der Waals surface area contributed by atoms with Gasteiger partial charge in [0.15, 0.2) is 10.3 Å². The average Bonchev–Trinajstić information content (AvgIpc) is 3.19.